The van der Waals surface area contributed by atoms with Crippen molar-refractivity contribution in [1.82, 2.24) is 15.6 Å². The van der Waals surface area contributed by atoms with Crippen LogP contribution in [-0.2, 0) is 15.9 Å². The number of aryl methyl sites for hydroxylation is 1. The molecule has 1 unspecified atom stereocenters. The average molecular weight is 514 g/mol. The molecule has 1 saturated heterocycles. The predicted molar refractivity (Wildman–Crippen MR) is 131 cm³/mol. The number of aromatic nitrogens is 1. The molecule has 3 N–H and O–H groups in total. The zero-order chi connectivity index (χ0) is 19.6. The maximum absolute atomic E-state index is 5.70. The smallest absolute Gasteiger partial charge is 0.191 e. The molecule has 0 spiro atoms. The number of para-hydroxylation sites is 1. The molecule has 1 atom stereocenters. The van der Waals surface area contributed by atoms with Gasteiger partial charge in [-0.05, 0) is 51.2 Å². The van der Waals surface area contributed by atoms with Crippen LogP contribution < -0.4 is 10.6 Å². The van der Waals surface area contributed by atoms with Crippen molar-refractivity contribution in [3.63, 3.8) is 0 Å². The highest BCUT2D eigenvalue weighted by molar-refractivity contribution is 14.0. The fraction of sp³-hybridized carbons (Fsp3) is 0.591. The van der Waals surface area contributed by atoms with Gasteiger partial charge in [0.05, 0.1) is 12.7 Å². The largest absolute Gasteiger partial charge is 0.379 e. The molecule has 1 aromatic heterocycles. The zero-order valence-corrected chi connectivity index (χ0v) is 20.0. The highest BCUT2D eigenvalue weighted by Gasteiger charge is 2.14. The number of benzene rings is 1. The molecular weight excluding hydrogens is 479 g/mol. The number of nitrogens with one attached hydrogen (secondary N) is 3. The molecule has 1 aromatic carbocycles. The fourth-order valence-electron chi connectivity index (χ4n) is 3.65. The predicted octanol–water partition coefficient (Wildman–Crippen LogP) is 3.78. The Hall–Kier alpha value is -1.32. The average Bonchev–Trinajstić information content (AvgIpc) is 3.32. The van der Waals surface area contributed by atoms with E-state index in [2.05, 4.69) is 58.7 Å². The molecule has 0 amide bonds. The molecule has 0 radical (unpaired) electrons. The summed E-state index contributed by atoms with van der Waals surface area (Å²) in [4.78, 5) is 8.13. The third-order valence-corrected chi connectivity index (χ3v) is 5.08. The standard InChI is InChI=1S/C22H34N4O2.HI/c1-3-23-22(24-12-7-14-27-16-18-8-6-15-28-18)25-13-11-19-17(2)26-21-10-5-4-9-20(19)21;/h4-5,9-10,18,26H,3,6-8,11-16H2,1-2H3,(H2,23,24,25);1H. The minimum Gasteiger partial charge on any atom is -0.379 e. The molecule has 1 fully saturated rings. The fourth-order valence-corrected chi connectivity index (χ4v) is 3.65. The van der Waals surface area contributed by atoms with E-state index in [1.807, 2.05) is 0 Å². The van der Waals surface area contributed by atoms with Gasteiger partial charge in [0.15, 0.2) is 5.96 Å². The van der Waals surface area contributed by atoms with Crippen LogP contribution in [0.5, 0.6) is 0 Å². The molecule has 6 nitrogen and oxygen atoms in total. The number of hydrogen-bond acceptors (Lipinski definition) is 3. The summed E-state index contributed by atoms with van der Waals surface area (Å²) < 4.78 is 11.3. The maximum Gasteiger partial charge on any atom is 0.191 e. The first-order valence-corrected chi connectivity index (χ1v) is 10.6. The van der Waals surface area contributed by atoms with Gasteiger partial charge in [-0.3, -0.25) is 4.99 Å². The van der Waals surface area contributed by atoms with E-state index in [-0.39, 0.29) is 24.0 Å². The number of fused-ring (bicyclic) bond motifs is 1. The molecule has 1 aliphatic heterocycles. The Labute approximate surface area is 191 Å². The number of hydrogen-bond donors (Lipinski definition) is 3. The van der Waals surface area contributed by atoms with Crippen molar-refractivity contribution >= 4 is 40.8 Å². The van der Waals surface area contributed by atoms with Crippen molar-refractivity contribution in [1.29, 1.82) is 0 Å². The van der Waals surface area contributed by atoms with E-state index < -0.39 is 0 Å². The summed E-state index contributed by atoms with van der Waals surface area (Å²) in [7, 11) is 0. The first-order valence-electron chi connectivity index (χ1n) is 10.6. The molecule has 162 valence electrons. The Kier molecular flexibility index (Phi) is 10.8. The number of aliphatic imine (C=N–C) groups is 1. The minimum atomic E-state index is 0. The van der Waals surface area contributed by atoms with Crippen LogP contribution in [0.1, 0.15) is 37.4 Å². The lowest BCUT2D eigenvalue weighted by Gasteiger charge is -2.12. The summed E-state index contributed by atoms with van der Waals surface area (Å²) in [6, 6.07) is 8.48. The molecule has 1 aliphatic rings. The number of halogens is 1. The number of nitrogens with zero attached hydrogens (tertiary/aromatic N) is 1. The maximum atomic E-state index is 5.70. The van der Waals surface area contributed by atoms with E-state index in [1.165, 1.54) is 22.2 Å². The molecule has 3 rings (SSSR count). The molecule has 2 aromatic rings. The topological polar surface area (TPSA) is 70.7 Å². The molecule has 2 heterocycles. The Morgan fingerprint density at radius 2 is 2.17 bits per heavy atom. The van der Waals surface area contributed by atoms with Gasteiger partial charge in [-0.25, -0.2) is 0 Å². The van der Waals surface area contributed by atoms with Gasteiger partial charge < -0.3 is 25.1 Å². The van der Waals surface area contributed by atoms with Gasteiger partial charge in [-0.15, -0.1) is 24.0 Å². The first kappa shape index (κ1) is 24.0. The number of ether oxygens (including phenoxy) is 2. The van der Waals surface area contributed by atoms with Gasteiger partial charge in [0.2, 0.25) is 0 Å². The van der Waals surface area contributed by atoms with Crippen molar-refractivity contribution in [2.75, 3.05) is 39.5 Å². The van der Waals surface area contributed by atoms with Crippen LogP contribution in [0.4, 0.5) is 0 Å². The van der Waals surface area contributed by atoms with E-state index in [1.54, 1.807) is 0 Å². The van der Waals surface area contributed by atoms with Crippen molar-refractivity contribution in [2.45, 2.75) is 45.6 Å². The second-order valence-corrected chi connectivity index (χ2v) is 7.28. The zero-order valence-electron chi connectivity index (χ0n) is 17.6. The van der Waals surface area contributed by atoms with Gasteiger partial charge in [-0.2, -0.15) is 0 Å². The van der Waals surface area contributed by atoms with E-state index in [4.69, 9.17) is 9.47 Å². The second kappa shape index (κ2) is 13.1. The van der Waals surface area contributed by atoms with Crippen molar-refractivity contribution < 1.29 is 9.47 Å². The van der Waals surface area contributed by atoms with Gasteiger partial charge in [0.25, 0.3) is 0 Å². The number of H-pyrrole nitrogens is 1. The SMILES string of the molecule is CCNC(=NCCCOCC1CCCO1)NCCc1c(C)[nH]c2ccccc12.I. The summed E-state index contributed by atoms with van der Waals surface area (Å²) in [5.74, 6) is 0.874. The summed E-state index contributed by atoms with van der Waals surface area (Å²) in [5.41, 5.74) is 3.83. The lowest BCUT2D eigenvalue weighted by Crippen LogP contribution is -2.38. The summed E-state index contributed by atoms with van der Waals surface area (Å²) in [6.45, 7) is 9.03. The Morgan fingerprint density at radius 1 is 1.31 bits per heavy atom. The third kappa shape index (κ3) is 7.46. The monoisotopic (exact) mass is 514 g/mol. The molecule has 29 heavy (non-hydrogen) atoms. The number of guanidine groups is 1. The van der Waals surface area contributed by atoms with Gasteiger partial charge in [0.1, 0.15) is 0 Å². The molecule has 0 aliphatic carbocycles. The van der Waals surface area contributed by atoms with Gasteiger partial charge >= 0.3 is 0 Å². The summed E-state index contributed by atoms with van der Waals surface area (Å²) in [5, 5.41) is 8.08. The normalized spacial score (nSPS) is 16.8. The molecule has 0 saturated carbocycles. The van der Waals surface area contributed by atoms with Gasteiger partial charge in [0, 0.05) is 49.4 Å². The minimum absolute atomic E-state index is 0. The van der Waals surface area contributed by atoms with Crippen molar-refractivity contribution in [3.8, 4) is 0 Å². The van der Waals surface area contributed by atoms with E-state index >= 15 is 0 Å². The van der Waals surface area contributed by atoms with Gasteiger partial charge in [-0.1, -0.05) is 18.2 Å². The van der Waals surface area contributed by atoms with Crippen LogP contribution in [0, 0.1) is 6.92 Å². The molecule has 7 heteroatoms. The lowest BCUT2D eigenvalue weighted by molar-refractivity contribution is 0.0171. The van der Waals surface area contributed by atoms with E-state index in [0.29, 0.717) is 12.7 Å². The number of rotatable bonds is 10. The molecule has 0 bridgehead atoms. The number of aromatic amines is 1. The second-order valence-electron chi connectivity index (χ2n) is 7.28. The Morgan fingerprint density at radius 3 is 2.97 bits per heavy atom. The highest BCUT2D eigenvalue weighted by Crippen LogP contribution is 2.21. The van der Waals surface area contributed by atoms with Crippen molar-refractivity contribution in [2.24, 2.45) is 4.99 Å². The summed E-state index contributed by atoms with van der Waals surface area (Å²) in [6.07, 6.45) is 4.47. The Balaban J connectivity index is 0.00000300. The molecular formula is C22H35IN4O2. The Bertz CT molecular complexity index is 756. The van der Waals surface area contributed by atoms with Crippen LogP contribution in [0.3, 0.4) is 0 Å². The van der Waals surface area contributed by atoms with E-state index in [0.717, 1.165) is 64.5 Å². The quantitative estimate of drug-likeness (QED) is 0.195. The highest BCUT2D eigenvalue weighted by atomic mass is 127. The lowest BCUT2D eigenvalue weighted by atomic mass is 10.1. The van der Waals surface area contributed by atoms with Crippen LogP contribution in [-0.4, -0.2) is 56.5 Å². The van der Waals surface area contributed by atoms with Crippen LogP contribution in [0.25, 0.3) is 10.9 Å². The van der Waals surface area contributed by atoms with Crippen molar-refractivity contribution in [3.05, 3.63) is 35.5 Å². The van der Waals surface area contributed by atoms with Crippen LogP contribution in [0.15, 0.2) is 29.3 Å². The van der Waals surface area contributed by atoms with E-state index in [9.17, 15) is 0 Å². The first-order chi connectivity index (χ1) is 13.8. The van der Waals surface area contributed by atoms with Crippen LogP contribution in [0.2, 0.25) is 0 Å². The third-order valence-electron chi connectivity index (χ3n) is 5.08. The summed E-state index contributed by atoms with van der Waals surface area (Å²) >= 11 is 0. The van der Waals surface area contributed by atoms with Crippen LogP contribution >= 0.6 is 24.0 Å².